The molecule has 0 radical (unpaired) electrons. The molecule has 1 amide bonds. The van der Waals surface area contributed by atoms with Crippen LogP contribution >= 0.6 is 0 Å². The lowest BCUT2D eigenvalue weighted by atomic mass is 10.4. The van der Waals surface area contributed by atoms with Crippen molar-refractivity contribution in [3.05, 3.63) is 36.2 Å². The molecule has 0 saturated carbocycles. The van der Waals surface area contributed by atoms with E-state index in [0.29, 0.717) is 5.70 Å². The van der Waals surface area contributed by atoms with Gasteiger partial charge in [0.2, 0.25) is 0 Å². The summed E-state index contributed by atoms with van der Waals surface area (Å²) in [4.78, 5) is 10.5. The Labute approximate surface area is 58.9 Å². The molecule has 1 rings (SSSR count). The monoisotopic (exact) mass is 136 g/mol. The van der Waals surface area contributed by atoms with Gasteiger partial charge in [-0.05, 0) is 12.2 Å². The van der Waals surface area contributed by atoms with Crippen molar-refractivity contribution in [3.63, 3.8) is 0 Å². The molecule has 0 saturated heterocycles. The molecule has 0 fully saturated rings. The quantitative estimate of drug-likeness (QED) is 0.534. The van der Waals surface area contributed by atoms with E-state index >= 15 is 0 Å². The highest BCUT2D eigenvalue weighted by atomic mass is 16.1. The third kappa shape index (κ3) is 1.48. The van der Waals surface area contributed by atoms with Crippen LogP contribution in [0.4, 0.5) is 0 Å². The third-order valence-electron chi connectivity index (χ3n) is 1.09. The van der Waals surface area contributed by atoms with Crippen LogP contribution < -0.4 is 11.1 Å². The number of carbonyl (C=O) groups is 1. The van der Waals surface area contributed by atoms with Crippen molar-refractivity contribution < 1.29 is 4.79 Å². The molecule has 0 unspecified atom stereocenters. The largest absolute Gasteiger partial charge is 0.364 e. The Bertz CT molecular complexity index is 226. The van der Waals surface area contributed by atoms with Crippen LogP contribution in [0.3, 0.4) is 0 Å². The van der Waals surface area contributed by atoms with Crippen LogP contribution in [-0.4, -0.2) is 5.91 Å². The number of nitrogens with two attached hydrogens (primary N) is 1. The molecule has 3 N–H and O–H groups in total. The maximum absolute atomic E-state index is 10.5. The minimum atomic E-state index is -0.448. The second-order valence-electron chi connectivity index (χ2n) is 1.83. The minimum absolute atomic E-state index is 0.407. The molecular formula is C7H8N2O. The van der Waals surface area contributed by atoms with Gasteiger partial charge >= 0.3 is 0 Å². The Morgan fingerprint density at radius 2 is 2.20 bits per heavy atom. The van der Waals surface area contributed by atoms with Crippen molar-refractivity contribution in [2.75, 3.05) is 0 Å². The van der Waals surface area contributed by atoms with Crippen molar-refractivity contribution in [2.45, 2.75) is 0 Å². The van der Waals surface area contributed by atoms with Crippen molar-refractivity contribution in [1.82, 2.24) is 5.32 Å². The van der Waals surface area contributed by atoms with Crippen LogP contribution in [0.2, 0.25) is 0 Å². The summed E-state index contributed by atoms with van der Waals surface area (Å²) in [5.41, 5.74) is 5.41. The zero-order valence-corrected chi connectivity index (χ0v) is 5.37. The van der Waals surface area contributed by atoms with Crippen molar-refractivity contribution in [2.24, 2.45) is 5.73 Å². The Balaban J connectivity index is 2.78. The topological polar surface area (TPSA) is 55.1 Å². The zero-order chi connectivity index (χ0) is 7.40. The number of amides is 1. The molecule has 1 heterocycles. The smallest absolute Gasteiger partial charge is 0.265 e. The first-order valence-electron chi connectivity index (χ1n) is 2.90. The number of hydrogen-bond acceptors (Lipinski definition) is 2. The first kappa shape index (κ1) is 6.61. The van der Waals surface area contributed by atoms with Gasteiger partial charge in [0.25, 0.3) is 5.91 Å². The van der Waals surface area contributed by atoms with Gasteiger partial charge in [-0.1, -0.05) is 12.2 Å². The van der Waals surface area contributed by atoms with E-state index in [4.69, 9.17) is 5.73 Å². The molecule has 1 aliphatic rings. The molecule has 0 aromatic rings. The van der Waals surface area contributed by atoms with Crippen LogP contribution in [0, 0.1) is 0 Å². The fourth-order valence-corrected chi connectivity index (χ4v) is 0.611. The van der Waals surface area contributed by atoms with E-state index in [9.17, 15) is 4.79 Å². The molecule has 0 spiro atoms. The molecular weight excluding hydrogens is 128 g/mol. The van der Waals surface area contributed by atoms with Crippen LogP contribution in [0.1, 0.15) is 0 Å². The molecule has 3 heteroatoms. The third-order valence-corrected chi connectivity index (χ3v) is 1.09. The maximum atomic E-state index is 10.5. The zero-order valence-electron chi connectivity index (χ0n) is 5.37. The molecule has 0 aromatic heterocycles. The van der Waals surface area contributed by atoms with Crippen LogP contribution in [-0.2, 0) is 4.79 Å². The van der Waals surface area contributed by atoms with Gasteiger partial charge in [0.1, 0.15) is 5.70 Å². The second kappa shape index (κ2) is 2.87. The summed E-state index contributed by atoms with van der Waals surface area (Å²) in [6.45, 7) is 0. The maximum Gasteiger partial charge on any atom is 0.265 e. The summed E-state index contributed by atoms with van der Waals surface area (Å²) in [6.07, 6.45) is 8.62. The Kier molecular flexibility index (Phi) is 1.89. The van der Waals surface area contributed by atoms with Crippen molar-refractivity contribution in [3.8, 4) is 0 Å². The van der Waals surface area contributed by atoms with Crippen LogP contribution in [0.5, 0.6) is 0 Å². The van der Waals surface area contributed by atoms with Gasteiger partial charge in [-0.25, -0.2) is 0 Å². The van der Waals surface area contributed by atoms with Crippen LogP contribution in [0.15, 0.2) is 36.2 Å². The Morgan fingerprint density at radius 3 is 2.90 bits per heavy atom. The van der Waals surface area contributed by atoms with E-state index < -0.39 is 5.91 Å². The lowest BCUT2D eigenvalue weighted by Crippen LogP contribution is -2.22. The predicted octanol–water partition coefficient (Wildman–Crippen LogP) is 0.0287. The van der Waals surface area contributed by atoms with Gasteiger partial charge in [0, 0.05) is 6.20 Å². The summed E-state index contributed by atoms with van der Waals surface area (Å²) < 4.78 is 0. The molecule has 52 valence electrons. The molecule has 10 heavy (non-hydrogen) atoms. The van der Waals surface area contributed by atoms with Crippen LogP contribution in [0.25, 0.3) is 0 Å². The normalized spacial score (nSPS) is 15.4. The minimum Gasteiger partial charge on any atom is -0.364 e. The second-order valence-corrected chi connectivity index (χ2v) is 1.83. The summed E-state index contributed by atoms with van der Waals surface area (Å²) in [5, 5.41) is 2.72. The predicted molar refractivity (Wildman–Crippen MR) is 38.7 cm³/mol. The summed E-state index contributed by atoms with van der Waals surface area (Å²) in [7, 11) is 0. The van der Waals surface area contributed by atoms with Gasteiger partial charge in [0.15, 0.2) is 0 Å². The summed E-state index contributed by atoms with van der Waals surface area (Å²) >= 11 is 0. The van der Waals surface area contributed by atoms with Gasteiger partial charge < -0.3 is 11.1 Å². The van der Waals surface area contributed by atoms with Gasteiger partial charge in [-0.3, -0.25) is 4.79 Å². The number of hydrogen-bond donors (Lipinski definition) is 2. The van der Waals surface area contributed by atoms with E-state index in [1.807, 2.05) is 6.08 Å². The standard InChI is InChI=1S/C7H8N2O/c8-7(10)6-4-2-1-3-5-9-6/h1-5,9H,(H2,8,10). The average Bonchev–Trinajstić information content (AvgIpc) is 2.12. The molecule has 0 bridgehead atoms. The number of nitrogens with one attached hydrogen (secondary N) is 1. The number of rotatable bonds is 1. The van der Waals surface area contributed by atoms with Gasteiger partial charge in [0.05, 0.1) is 0 Å². The van der Waals surface area contributed by atoms with Gasteiger partial charge in [-0.2, -0.15) is 0 Å². The summed E-state index contributed by atoms with van der Waals surface area (Å²) in [6, 6.07) is 0. The van der Waals surface area contributed by atoms with E-state index in [1.54, 1.807) is 24.4 Å². The van der Waals surface area contributed by atoms with Crippen molar-refractivity contribution in [1.29, 1.82) is 0 Å². The first-order valence-corrected chi connectivity index (χ1v) is 2.90. The highest BCUT2D eigenvalue weighted by Crippen LogP contribution is 1.93. The fraction of sp³-hybridized carbons (Fsp3) is 0. The van der Waals surface area contributed by atoms with Crippen molar-refractivity contribution >= 4 is 5.91 Å². The van der Waals surface area contributed by atoms with E-state index in [1.165, 1.54) is 0 Å². The lowest BCUT2D eigenvalue weighted by Gasteiger charge is -1.97. The highest BCUT2D eigenvalue weighted by Gasteiger charge is 1.99. The average molecular weight is 136 g/mol. The summed E-state index contributed by atoms with van der Waals surface area (Å²) in [5.74, 6) is -0.448. The SMILES string of the molecule is NC(=O)C1=CC=CC=CN1. The molecule has 0 aromatic carbocycles. The molecule has 0 atom stereocenters. The first-order chi connectivity index (χ1) is 4.80. The number of allylic oxidation sites excluding steroid dienone is 4. The Morgan fingerprint density at radius 1 is 1.40 bits per heavy atom. The number of carbonyl (C=O) groups excluding carboxylic acids is 1. The van der Waals surface area contributed by atoms with E-state index in [2.05, 4.69) is 5.32 Å². The fourth-order valence-electron chi connectivity index (χ4n) is 0.611. The lowest BCUT2D eigenvalue weighted by molar-refractivity contribution is -0.114. The van der Waals surface area contributed by atoms with Gasteiger partial charge in [-0.15, -0.1) is 0 Å². The Hall–Kier alpha value is -1.51. The molecule has 0 aliphatic carbocycles. The molecule has 3 nitrogen and oxygen atoms in total. The number of primary amides is 1. The van der Waals surface area contributed by atoms with E-state index in [-0.39, 0.29) is 0 Å². The van der Waals surface area contributed by atoms with E-state index in [0.717, 1.165) is 0 Å². The molecule has 1 aliphatic heterocycles. The highest BCUT2D eigenvalue weighted by molar-refractivity contribution is 5.91.